The Hall–Kier alpha value is -3.35. The van der Waals surface area contributed by atoms with Gasteiger partial charge in [0.05, 0.1) is 6.21 Å². The number of halogens is 2. The third-order valence-electron chi connectivity index (χ3n) is 4.69. The van der Waals surface area contributed by atoms with Crippen molar-refractivity contribution in [3.05, 3.63) is 93.0 Å². The summed E-state index contributed by atoms with van der Waals surface area (Å²) >= 11 is 12.1. The van der Waals surface area contributed by atoms with E-state index < -0.39 is 11.8 Å². The minimum Gasteiger partial charge on any atom is -0.488 e. The number of anilines is 1. The number of nitrogens with one attached hydrogen (secondary N) is 2. The largest absolute Gasteiger partial charge is 0.488 e. The fraction of sp³-hybridized carbons (Fsp3) is 0.160. The molecule has 2 N–H and O–H groups in total. The van der Waals surface area contributed by atoms with Crippen LogP contribution in [0.1, 0.15) is 28.7 Å². The third kappa shape index (κ3) is 7.34. The quantitative estimate of drug-likeness (QED) is 0.246. The highest BCUT2D eigenvalue weighted by Crippen LogP contribution is 2.24. The number of carbonyl (C=O) groups excluding carboxylic acids is 2. The second-order valence-corrected chi connectivity index (χ2v) is 8.24. The predicted octanol–water partition coefficient (Wildman–Crippen LogP) is 5.67. The number of amides is 2. The molecule has 0 fully saturated rings. The molecule has 0 bridgehead atoms. The van der Waals surface area contributed by atoms with Gasteiger partial charge in [0, 0.05) is 26.9 Å². The summed E-state index contributed by atoms with van der Waals surface area (Å²) in [4.78, 5) is 24.2. The summed E-state index contributed by atoms with van der Waals surface area (Å²) in [5, 5.41) is 7.75. The Morgan fingerprint density at radius 1 is 1.00 bits per heavy atom. The van der Waals surface area contributed by atoms with E-state index in [0.717, 1.165) is 16.7 Å². The maximum Gasteiger partial charge on any atom is 0.249 e. The van der Waals surface area contributed by atoms with E-state index in [1.807, 2.05) is 44.2 Å². The number of para-hydroxylation sites is 1. The van der Waals surface area contributed by atoms with Crippen LogP contribution in [0.3, 0.4) is 0 Å². The molecule has 8 heteroatoms. The van der Waals surface area contributed by atoms with E-state index in [1.54, 1.807) is 30.3 Å². The van der Waals surface area contributed by atoms with Crippen molar-refractivity contribution >= 4 is 46.9 Å². The Bertz CT molecular complexity index is 1200. The van der Waals surface area contributed by atoms with Crippen LogP contribution in [-0.2, 0) is 16.2 Å². The van der Waals surface area contributed by atoms with Gasteiger partial charge < -0.3 is 10.1 Å². The Labute approximate surface area is 202 Å². The number of nitrogens with zero attached hydrogens (tertiary/aromatic N) is 1. The Morgan fingerprint density at radius 2 is 1.79 bits per heavy atom. The first kappa shape index (κ1) is 24.3. The number of hydrogen-bond acceptors (Lipinski definition) is 4. The van der Waals surface area contributed by atoms with Crippen LogP contribution in [0.5, 0.6) is 5.75 Å². The summed E-state index contributed by atoms with van der Waals surface area (Å²) in [6.45, 7) is 4.11. The first-order valence-corrected chi connectivity index (χ1v) is 10.9. The van der Waals surface area contributed by atoms with Crippen LogP contribution in [0.4, 0.5) is 5.69 Å². The number of hydrogen-bond donors (Lipinski definition) is 2. The Kier molecular flexibility index (Phi) is 8.46. The molecule has 0 unspecified atom stereocenters. The third-order valence-corrected chi connectivity index (χ3v) is 5.27. The number of benzene rings is 3. The highest BCUT2D eigenvalue weighted by Gasteiger charge is 2.11. The van der Waals surface area contributed by atoms with Crippen LogP contribution in [0, 0.1) is 13.8 Å². The lowest BCUT2D eigenvalue weighted by atomic mass is 10.1. The molecule has 0 saturated heterocycles. The normalized spacial score (nSPS) is 10.8. The zero-order chi connectivity index (χ0) is 23.8. The smallest absolute Gasteiger partial charge is 0.249 e. The maximum atomic E-state index is 12.2. The van der Waals surface area contributed by atoms with Gasteiger partial charge in [-0.3, -0.25) is 9.59 Å². The molecule has 6 nitrogen and oxygen atoms in total. The number of ether oxygens (including phenoxy) is 1. The molecular formula is C25H23Cl2N3O3. The molecule has 0 aliphatic heterocycles. The lowest BCUT2D eigenvalue weighted by molar-refractivity contribution is -0.126. The van der Waals surface area contributed by atoms with Gasteiger partial charge in [0.25, 0.3) is 0 Å². The molecule has 0 aliphatic rings. The van der Waals surface area contributed by atoms with E-state index in [1.165, 1.54) is 6.21 Å². The molecule has 170 valence electrons. The summed E-state index contributed by atoms with van der Waals surface area (Å²) in [7, 11) is 0. The minimum absolute atomic E-state index is 0.242. The molecule has 3 rings (SSSR count). The lowest BCUT2D eigenvalue weighted by Gasteiger charge is -2.10. The molecule has 0 spiro atoms. The number of aryl methyl sites for hydroxylation is 2. The van der Waals surface area contributed by atoms with Crippen molar-refractivity contribution in [2.45, 2.75) is 26.9 Å². The second kappa shape index (κ2) is 11.5. The zero-order valence-electron chi connectivity index (χ0n) is 18.2. The molecule has 3 aromatic rings. The second-order valence-electron chi connectivity index (χ2n) is 7.40. The number of hydrazone groups is 1. The molecule has 0 radical (unpaired) electrons. The van der Waals surface area contributed by atoms with Gasteiger partial charge in [0.15, 0.2) is 0 Å². The van der Waals surface area contributed by atoms with Crippen molar-refractivity contribution in [3.63, 3.8) is 0 Å². The van der Waals surface area contributed by atoms with E-state index in [4.69, 9.17) is 27.9 Å². The van der Waals surface area contributed by atoms with Gasteiger partial charge in [-0.2, -0.15) is 5.10 Å². The fourth-order valence-electron chi connectivity index (χ4n) is 3.02. The SMILES string of the molecule is Cc1ccc(NC(=O)CC(=O)NN=Cc2ccccc2OCc2ccc(Cl)cc2Cl)c(C)c1. The molecule has 0 aromatic heterocycles. The predicted molar refractivity (Wildman–Crippen MR) is 132 cm³/mol. The molecule has 0 saturated carbocycles. The van der Waals surface area contributed by atoms with E-state index in [2.05, 4.69) is 15.8 Å². The summed E-state index contributed by atoms with van der Waals surface area (Å²) in [6, 6.07) is 18.1. The highest BCUT2D eigenvalue weighted by atomic mass is 35.5. The van der Waals surface area contributed by atoms with Crippen LogP contribution in [0.15, 0.2) is 65.8 Å². The van der Waals surface area contributed by atoms with Crippen molar-refractivity contribution in [2.75, 3.05) is 5.32 Å². The van der Waals surface area contributed by atoms with Crippen LogP contribution in [0.25, 0.3) is 0 Å². The topological polar surface area (TPSA) is 79.8 Å². The molecular weight excluding hydrogens is 461 g/mol. The zero-order valence-corrected chi connectivity index (χ0v) is 19.7. The molecule has 33 heavy (non-hydrogen) atoms. The van der Waals surface area contributed by atoms with E-state index in [9.17, 15) is 9.59 Å². The molecule has 3 aromatic carbocycles. The van der Waals surface area contributed by atoms with Crippen molar-refractivity contribution in [1.82, 2.24) is 5.43 Å². The van der Waals surface area contributed by atoms with Gasteiger partial charge in [-0.25, -0.2) is 5.43 Å². The average molecular weight is 484 g/mol. The van der Waals surface area contributed by atoms with Crippen molar-refractivity contribution in [3.8, 4) is 5.75 Å². The van der Waals surface area contributed by atoms with Crippen LogP contribution in [-0.4, -0.2) is 18.0 Å². The summed E-state index contributed by atoms with van der Waals surface area (Å²) in [5.41, 5.74) is 6.51. The average Bonchev–Trinajstić information content (AvgIpc) is 2.76. The van der Waals surface area contributed by atoms with Gasteiger partial charge in [-0.1, -0.05) is 59.1 Å². The Balaban J connectivity index is 1.54. The number of rotatable bonds is 8. The summed E-state index contributed by atoms with van der Waals surface area (Å²) in [5.74, 6) is -0.382. The first-order valence-electron chi connectivity index (χ1n) is 10.2. The van der Waals surface area contributed by atoms with Crippen LogP contribution >= 0.6 is 23.2 Å². The van der Waals surface area contributed by atoms with E-state index in [0.29, 0.717) is 27.0 Å². The van der Waals surface area contributed by atoms with Gasteiger partial charge in [0.2, 0.25) is 11.8 Å². The van der Waals surface area contributed by atoms with Crippen molar-refractivity contribution in [2.24, 2.45) is 5.10 Å². The highest BCUT2D eigenvalue weighted by molar-refractivity contribution is 6.35. The summed E-state index contributed by atoms with van der Waals surface area (Å²) in [6.07, 6.45) is 1.11. The van der Waals surface area contributed by atoms with Crippen molar-refractivity contribution in [1.29, 1.82) is 0 Å². The first-order chi connectivity index (χ1) is 15.8. The molecule has 2 amide bonds. The Morgan fingerprint density at radius 3 is 2.55 bits per heavy atom. The van der Waals surface area contributed by atoms with Gasteiger partial charge >= 0.3 is 0 Å². The van der Waals surface area contributed by atoms with Crippen LogP contribution in [0.2, 0.25) is 10.0 Å². The maximum absolute atomic E-state index is 12.2. The molecule has 0 atom stereocenters. The van der Waals surface area contributed by atoms with Crippen LogP contribution < -0.4 is 15.5 Å². The van der Waals surface area contributed by atoms with Gasteiger partial charge in [-0.05, 0) is 49.7 Å². The monoisotopic (exact) mass is 483 g/mol. The fourth-order valence-corrected chi connectivity index (χ4v) is 3.48. The van der Waals surface area contributed by atoms with Gasteiger partial charge in [-0.15, -0.1) is 0 Å². The molecule has 0 aliphatic carbocycles. The lowest BCUT2D eigenvalue weighted by Crippen LogP contribution is -2.24. The number of carbonyl (C=O) groups is 2. The van der Waals surface area contributed by atoms with E-state index >= 15 is 0 Å². The standard InChI is InChI=1S/C25H23Cl2N3O3/c1-16-7-10-22(17(2)11-16)29-24(31)13-25(32)30-28-14-18-5-3-4-6-23(18)33-15-19-8-9-20(26)12-21(19)27/h3-12,14H,13,15H2,1-2H3,(H,29,31)(H,30,32). The van der Waals surface area contributed by atoms with Gasteiger partial charge in [0.1, 0.15) is 18.8 Å². The van der Waals surface area contributed by atoms with E-state index in [-0.39, 0.29) is 13.0 Å². The summed E-state index contributed by atoms with van der Waals surface area (Å²) < 4.78 is 5.86. The molecule has 0 heterocycles. The minimum atomic E-state index is -0.528. The van der Waals surface area contributed by atoms with Crippen molar-refractivity contribution < 1.29 is 14.3 Å².